The van der Waals surface area contributed by atoms with Crippen LogP contribution in [0.4, 0.5) is 0 Å². The van der Waals surface area contributed by atoms with E-state index < -0.39 is 6.04 Å². The molecular formula is C24H26N6O2. The molecule has 0 saturated carbocycles. The number of benzene rings is 1. The Morgan fingerprint density at radius 3 is 2.69 bits per heavy atom. The van der Waals surface area contributed by atoms with Crippen molar-refractivity contribution in [3.63, 3.8) is 0 Å². The van der Waals surface area contributed by atoms with Gasteiger partial charge in [0.25, 0.3) is 5.91 Å². The summed E-state index contributed by atoms with van der Waals surface area (Å²) < 4.78 is 0. The van der Waals surface area contributed by atoms with Crippen molar-refractivity contribution in [1.29, 1.82) is 0 Å². The molecule has 1 aliphatic heterocycles. The Morgan fingerprint density at radius 1 is 1.16 bits per heavy atom. The van der Waals surface area contributed by atoms with Crippen molar-refractivity contribution in [2.45, 2.75) is 38.8 Å². The predicted molar refractivity (Wildman–Crippen MR) is 123 cm³/mol. The van der Waals surface area contributed by atoms with Gasteiger partial charge in [0.1, 0.15) is 6.04 Å². The number of rotatable bonds is 7. The minimum absolute atomic E-state index is 0.0854. The number of carbonyl (C=O) groups is 2. The number of hydrogen-bond acceptors (Lipinski definition) is 5. The van der Waals surface area contributed by atoms with Crippen LogP contribution >= 0.6 is 0 Å². The third-order valence-corrected chi connectivity index (χ3v) is 5.53. The van der Waals surface area contributed by atoms with Crippen LogP contribution < -0.4 is 16.0 Å². The van der Waals surface area contributed by atoms with Crippen molar-refractivity contribution in [3.05, 3.63) is 72.5 Å². The van der Waals surface area contributed by atoms with Gasteiger partial charge in [-0.25, -0.2) is 0 Å². The molecule has 3 heterocycles. The summed E-state index contributed by atoms with van der Waals surface area (Å²) in [4.78, 5) is 29.4. The second-order valence-electron chi connectivity index (χ2n) is 7.65. The van der Waals surface area contributed by atoms with Gasteiger partial charge in [-0.15, -0.1) is 0 Å². The lowest BCUT2D eigenvalue weighted by atomic mass is 10.0. The summed E-state index contributed by atoms with van der Waals surface area (Å²) in [5, 5.41) is 16.7. The third-order valence-electron chi connectivity index (χ3n) is 5.53. The van der Waals surface area contributed by atoms with Gasteiger partial charge in [0.15, 0.2) is 5.69 Å². The number of carbonyl (C=O) groups excluding carboxylic acids is 2. The van der Waals surface area contributed by atoms with Crippen molar-refractivity contribution in [2.75, 3.05) is 0 Å². The van der Waals surface area contributed by atoms with Crippen LogP contribution in [0.5, 0.6) is 0 Å². The van der Waals surface area contributed by atoms with Crippen molar-refractivity contribution in [2.24, 2.45) is 0 Å². The second kappa shape index (κ2) is 9.47. The van der Waals surface area contributed by atoms with Gasteiger partial charge in [0.05, 0.1) is 11.2 Å². The van der Waals surface area contributed by atoms with Crippen molar-refractivity contribution in [3.8, 4) is 11.1 Å². The molecule has 164 valence electrons. The van der Waals surface area contributed by atoms with Gasteiger partial charge in [-0.1, -0.05) is 32.1 Å². The zero-order valence-electron chi connectivity index (χ0n) is 18.1. The van der Waals surface area contributed by atoms with Crippen LogP contribution in [0.15, 0.2) is 66.8 Å². The summed E-state index contributed by atoms with van der Waals surface area (Å²) in [6.45, 7) is 4.09. The number of nitrogens with zero attached hydrogens (tertiary/aromatic N) is 2. The highest BCUT2D eigenvalue weighted by atomic mass is 16.2. The van der Waals surface area contributed by atoms with Crippen LogP contribution in [0.1, 0.15) is 37.2 Å². The molecule has 1 unspecified atom stereocenters. The molecule has 1 aliphatic rings. The van der Waals surface area contributed by atoms with Gasteiger partial charge >= 0.3 is 0 Å². The van der Waals surface area contributed by atoms with E-state index in [4.69, 9.17) is 0 Å². The van der Waals surface area contributed by atoms with E-state index in [1.165, 1.54) is 0 Å². The highest BCUT2D eigenvalue weighted by molar-refractivity contribution is 6.06. The van der Waals surface area contributed by atoms with Crippen LogP contribution in [0, 0.1) is 0 Å². The summed E-state index contributed by atoms with van der Waals surface area (Å²) >= 11 is 0. The highest BCUT2D eigenvalue weighted by Gasteiger charge is 2.21. The van der Waals surface area contributed by atoms with Gasteiger partial charge < -0.3 is 16.0 Å². The quantitative estimate of drug-likeness (QED) is 0.460. The lowest BCUT2D eigenvalue weighted by Crippen LogP contribution is -2.46. The van der Waals surface area contributed by atoms with Crippen LogP contribution in [0.25, 0.3) is 22.0 Å². The topological polar surface area (TPSA) is 112 Å². The van der Waals surface area contributed by atoms with E-state index in [1.54, 1.807) is 30.7 Å². The molecular weight excluding hydrogens is 404 g/mol. The van der Waals surface area contributed by atoms with Gasteiger partial charge in [0, 0.05) is 35.6 Å². The summed E-state index contributed by atoms with van der Waals surface area (Å²) in [7, 11) is 0. The Labute approximate surface area is 186 Å². The number of hydrogen-bond donors (Lipinski definition) is 4. The molecule has 8 heteroatoms. The second-order valence-corrected chi connectivity index (χ2v) is 7.65. The molecule has 1 atom stereocenters. The Hall–Kier alpha value is -3.94. The Balaban J connectivity index is 1.45. The summed E-state index contributed by atoms with van der Waals surface area (Å²) in [6, 6.07) is 9.31. The molecule has 0 radical (unpaired) electrons. The van der Waals surface area contributed by atoms with Gasteiger partial charge in [0.2, 0.25) is 5.91 Å². The number of amides is 2. The SMILES string of the molecule is CCC(CC)NC(=O)C1C=CC(NC(=O)c2n[nH]c3ccc(-c4cccnc4)cc23)=CN1. The molecule has 0 saturated heterocycles. The number of allylic oxidation sites excluding steroid dienone is 1. The Bertz CT molecular complexity index is 1180. The van der Waals surface area contributed by atoms with Crippen LogP contribution in [0.2, 0.25) is 0 Å². The maximum Gasteiger partial charge on any atom is 0.276 e. The summed E-state index contributed by atoms with van der Waals surface area (Å²) in [5.74, 6) is -0.421. The molecule has 8 nitrogen and oxygen atoms in total. The van der Waals surface area contributed by atoms with Crippen molar-refractivity contribution in [1.82, 2.24) is 31.1 Å². The molecule has 0 fully saturated rings. The highest BCUT2D eigenvalue weighted by Crippen LogP contribution is 2.25. The largest absolute Gasteiger partial charge is 0.375 e. The first-order valence-corrected chi connectivity index (χ1v) is 10.7. The van der Waals surface area contributed by atoms with E-state index in [1.807, 2.05) is 44.2 Å². The number of H-pyrrole nitrogens is 1. The standard InChI is InChI=1S/C24H26N6O2/c1-3-17(4-2)27-23(31)21-10-8-18(14-26-21)28-24(32)22-19-12-15(7-9-20(19)29-30-22)16-6-5-11-25-13-16/h5-14,17,21,26H,3-4H2,1-2H3,(H,27,31)(H,28,32)(H,29,30). The van der Waals surface area contributed by atoms with Gasteiger partial charge in [-0.2, -0.15) is 5.10 Å². The number of pyridine rings is 1. The predicted octanol–water partition coefficient (Wildman–Crippen LogP) is 3.03. The van der Waals surface area contributed by atoms with Crippen LogP contribution in [-0.2, 0) is 4.79 Å². The van der Waals surface area contributed by atoms with E-state index in [9.17, 15) is 9.59 Å². The third kappa shape index (κ3) is 4.54. The minimum Gasteiger partial charge on any atom is -0.375 e. The molecule has 4 N–H and O–H groups in total. The van der Waals surface area contributed by atoms with Gasteiger partial charge in [-0.3, -0.25) is 19.7 Å². The number of aromatic nitrogens is 3. The van der Waals surface area contributed by atoms with Crippen molar-refractivity contribution >= 4 is 22.7 Å². The van der Waals surface area contributed by atoms with Crippen LogP contribution in [0.3, 0.4) is 0 Å². The van der Waals surface area contributed by atoms with Crippen LogP contribution in [-0.4, -0.2) is 39.1 Å². The fourth-order valence-corrected chi connectivity index (χ4v) is 3.60. The first kappa shape index (κ1) is 21.3. The monoisotopic (exact) mass is 430 g/mol. The molecule has 0 bridgehead atoms. The zero-order chi connectivity index (χ0) is 22.5. The smallest absolute Gasteiger partial charge is 0.276 e. The lowest BCUT2D eigenvalue weighted by molar-refractivity contribution is -0.122. The zero-order valence-corrected chi connectivity index (χ0v) is 18.1. The minimum atomic E-state index is -0.468. The first-order valence-electron chi connectivity index (χ1n) is 10.7. The molecule has 32 heavy (non-hydrogen) atoms. The fourth-order valence-electron chi connectivity index (χ4n) is 3.60. The molecule has 1 aromatic carbocycles. The Morgan fingerprint density at radius 2 is 2.00 bits per heavy atom. The number of nitrogens with one attached hydrogen (secondary N) is 4. The fraction of sp³-hybridized carbons (Fsp3) is 0.250. The molecule has 4 rings (SSSR count). The molecule has 0 spiro atoms. The lowest BCUT2D eigenvalue weighted by Gasteiger charge is -2.22. The maximum atomic E-state index is 12.9. The normalized spacial score (nSPS) is 15.3. The van der Waals surface area contributed by atoms with Gasteiger partial charge in [-0.05, 0) is 42.7 Å². The van der Waals surface area contributed by atoms with Crippen molar-refractivity contribution < 1.29 is 9.59 Å². The van der Waals surface area contributed by atoms with E-state index >= 15 is 0 Å². The summed E-state index contributed by atoms with van der Waals surface area (Å²) in [6.07, 6.45) is 10.4. The molecule has 0 aliphatic carbocycles. The number of aromatic amines is 1. The van der Waals surface area contributed by atoms with E-state index in [2.05, 4.69) is 31.1 Å². The van der Waals surface area contributed by atoms with E-state index in [0.717, 1.165) is 34.9 Å². The molecule has 2 amide bonds. The molecule has 3 aromatic rings. The number of fused-ring (bicyclic) bond motifs is 1. The molecule has 2 aromatic heterocycles. The number of dihydropyridines is 1. The first-order chi connectivity index (χ1) is 15.6. The van der Waals surface area contributed by atoms with E-state index in [0.29, 0.717) is 11.4 Å². The van der Waals surface area contributed by atoms with E-state index in [-0.39, 0.29) is 17.9 Å². The average Bonchev–Trinajstić information content (AvgIpc) is 3.27. The average molecular weight is 431 g/mol. The maximum absolute atomic E-state index is 12.9. The Kier molecular flexibility index (Phi) is 6.30. The summed E-state index contributed by atoms with van der Waals surface area (Å²) in [5.41, 5.74) is 3.54.